The third kappa shape index (κ3) is 4.07. The van der Waals surface area contributed by atoms with E-state index in [1.807, 2.05) is 30.0 Å². The molecule has 0 aromatic heterocycles. The van der Waals surface area contributed by atoms with Crippen LogP contribution in [-0.2, 0) is 22.6 Å². The van der Waals surface area contributed by atoms with Crippen LogP contribution >= 0.6 is 11.6 Å². The maximum Gasteiger partial charge on any atom is 0.224 e. The summed E-state index contributed by atoms with van der Waals surface area (Å²) < 4.78 is 0. The Labute approximate surface area is 159 Å². The Hall–Kier alpha value is -2.33. The highest BCUT2D eigenvalue weighted by atomic mass is 35.5. The lowest BCUT2D eigenvalue weighted by Crippen LogP contribution is -2.39. The SMILES string of the molecule is CC(=O)N(CCC(=O)N1CCc2ccccc2C1)c1cc(Cl)ccc1C. The molecule has 1 aliphatic heterocycles. The molecule has 5 heteroatoms. The van der Waals surface area contributed by atoms with Crippen molar-refractivity contribution in [1.82, 2.24) is 4.90 Å². The Balaban J connectivity index is 1.67. The molecule has 2 aromatic carbocycles. The fraction of sp³-hybridized carbons (Fsp3) is 0.333. The van der Waals surface area contributed by atoms with Crippen LogP contribution in [0.5, 0.6) is 0 Å². The Morgan fingerprint density at radius 1 is 1.15 bits per heavy atom. The van der Waals surface area contributed by atoms with Gasteiger partial charge < -0.3 is 9.80 Å². The van der Waals surface area contributed by atoms with Crippen LogP contribution in [0.3, 0.4) is 0 Å². The van der Waals surface area contributed by atoms with Gasteiger partial charge in [-0.1, -0.05) is 41.9 Å². The number of anilines is 1. The first kappa shape index (κ1) is 18.5. The van der Waals surface area contributed by atoms with Gasteiger partial charge in [0.15, 0.2) is 0 Å². The minimum atomic E-state index is -0.0906. The van der Waals surface area contributed by atoms with Gasteiger partial charge in [0.25, 0.3) is 0 Å². The number of amides is 2. The Morgan fingerprint density at radius 3 is 2.62 bits per heavy atom. The minimum absolute atomic E-state index is 0.0745. The second kappa shape index (κ2) is 7.92. The number of nitrogens with zero attached hydrogens (tertiary/aromatic N) is 2. The molecule has 0 spiro atoms. The molecule has 0 radical (unpaired) electrons. The van der Waals surface area contributed by atoms with Gasteiger partial charge >= 0.3 is 0 Å². The molecule has 0 fully saturated rings. The molecule has 0 unspecified atom stereocenters. The highest BCUT2D eigenvalue weighted by Crippen LogP contribution is 2.25. The van der Waals surface area contributed by atoms with Crippen LogP contribution in [0.15, 0.2) is 42.5 Å². The smallest absolute Gasteiger partial charge is 0.224 e. The number of hydrogen-bond donors (Lipinski definition) is 0. The van der Waals surface area contributed by atoms with E-state index in [0.29, 0.717) is 24.5 Å². The number of carbonyl (C=O) groups is 2. The van der Waals surface area contributed by atoms with Crippen molar-refractivity contribution in [3.63, 3.8) is 0 Å². The first-order valence-electron chi connectivity index (χ1n) is 8.84. The second-order valence-corrected chi connectivity index (χ2v) is 7.12. The lowest BCUT2D eigenvalue weighted by molar-refractivity contribution is -0.131. The minimum Gasteiger partial charge on any atom is -0.338 e. The number of rotatable bonds is 4. The lowest BCUT2D eigenvalue weighted by Gasteiger charge is -2.30. The zero-order chi connectivity index (χ0) is 18.7. The summed E-state index contributed by atoms with van der Waals surface area (Å²) in [6.45, 7) is 5.18. The van der Waals surface area contributed by atoms with Crippen molar-refractivity contribution in [3.8, 4) is 0 Å². The Morgan fingerprint density at radius 2 is 1.88 bits per heavy atom. The van der Waals surface area contributed by atoms with E-state index in [1.165, 1.54) is 18.1 Å². The molecule has 1 heterocycles. The van der Waals surface area contributed by atoms with Gasteiger partial charge in [-0.25, -0.2) is 0 Å². The summed E-state index contributed by atoms with van der Waals surface area (Å²) in [6.07, 6.45) is 1.18. The van der Waals surface area contributed by atoms with Crippen molar-refractivity contribution in [2.75, 3.05) is 18.0 Å². The number of benzene rings is 2. The van der Waals surface area contributed by atoms with Crippen molar-refractivity contribution in [1.29, 1.82) is 0 Å². The number of hydrogen-bond acceptors (Lipinski definition) is 2. The summed E-state index contributed by atoms with van der Waals surface area (Å²) in [5, 5.41) is 0.579. The largest absolute Gasteiger partial charge is 0.338 e. The summed E-state index contributed by atoms with van der Waals surface area (Å²) >= 11 is 6.08. The van der Waals surface area contributed by atoms with E-state index in [1.54, 1.807) is 17.0 Å². The molecular weight excluding hydrogens is 348 g/mol. The number of aryl methyl sites for hydroxylation is 1. The van der Waals surface area contributed by atoms with Crippen LogP contribution < -0.4 is 4.90 Å². The van der Waals surface area contributed by atoms with Crippen LogP contribution in [0.25, 0.3) is 0 Å². The zero-order valence-corrected chi connectivity index (χ0v) is 15.9. The van der Waals surface area contributed by atoms with Crippen molar-refractivity contribution in [3.05, 3.63) is 64.2 Å². The van der Waals surface area contributed by atoms with Crippen molar-refractivity contribution < 1.29 is 9.59 Å². The number of fused-ring (bicyclic) bond motifs is 1. The molecule has 26 heavy (non-hydrogen) atoms. The quantitative estimate of drug-likeness (QED) is 0.816. The molecule has 136 valence electrons. The average Bonchev–Trinajstić information content (AvgIpc) is 2.63. The van der Waals surface area contributed by atoms with Crippen molar-refractivity contribution >= 4 is 29.1 Å². The van der Waals surface area contributed by atoms with E-state index in [2.05, 4.69) is 12.1 Å². The third-order valence-electron chi connectivity index (χ3n) is 4.87. The molecule has 4 nitrogen and oxygen atoms in total. The first-order chi connectivity index (χ1) is 12.5. The molecule has 2 aromatic rings. The Kier molecular flexibility index (Phi) is 5.62. The summed E-state index contributed by atoms with van der Waals surface area (Å²) in [5.74, 6) is -0.0161. The molecule has 0 saturated carbocycles. The van der Waals surface area contributed by atoms with Gasteiger partial charge in [-0.05, 0) is 42.2 Å². The fourth-order valence-electron chi connectivity index (χ4n) is 3.40. The van der Waals surface area contributed by atoms with E-state index in [-0.39, 0.29) is 11.8 Å². The molecule has 0 atom stereocenters. The summed E-state index contributed by atoms with van der Waals surface area (Å²) in [6, 6.07) is 13.7. The van der Waals surface area contributed by atoms with Gasteiger partial charge in [0.2, 0.25) is 11.8 Å². The standard InChI is InChI=1S/C21H23ClN2O2/c1-15-7-8-19(22)13-20(15)24(16(2)25)12-10-21(26)23-11-9-17-5-3-4-6-18(17)14-23/h3-8,13H,9-12,14H2,1-2H3. The lowest BCUT2D eigenvalue weighted by atomic mass is 10.00. The molecular formula is C21H23ClN2O2. The first-order valence-corrected chi connectivity index (χ1v) is 9.22. The molecule has 1 aliphatic rings. The Bertz CT molecular complexity index is 835. The molecule has 0 aliphatic carbocycles. The van der Waals surface area contributed by atoms with Gasteiger partial charge in [0.1, 0.15) is 0 Å². The van der Waals surface area contributed by atoms with Gasteiger partial charge in [-0.3, -0.25) is 9.59 Å². The number of halogens is 1. The normalized spacial score (nSPS) is 13.3. The highest BCUT2D eigenvalue weighted by molar-refractivity contribution is 6.31. The van der Waals surface area contributed by atoms with E-state index in [0.717, 1.165) is 24.2 Å². The summed E-state index contributed by atoms with van der Waals surface area (Å²) in [7, 11) is 0. The molecule has 0 bridgehead atoms. The summed E-state index contributed by atoms with van der Waals surface area (Å²) in [4.78, 5) is 28.3. The van der Waals surface area contributed by atoms with Crippen molar-refractivity contribution in [2.24, 2.45) is 0 Å². The number of carbonyl (C=O) groups excluding carboxylic acids is 2. The topological polar surface area (TPSA) is 40.6 Å². The maximum absolute atomic E-state index is 12.7. The van der Waals surface area contributed by atoms with Crippen LogP contribution in [0.4, 0.5) is 5.69 Å². The van der Waals surface area contributed by atoms with Crippen LogP contribution in [0.1, 0.15) is 30.0 Å². The van der Waals surface area contributed by atoms with Crippen LogP contribution in [0.2, 0.25) is 5.02 Å². The predicted octanol–water partition coefficient (Wildman–Crippen LogP) is 3.98. The van der Waals surface area contributed by atoms with E-state index in [9.17, 15) is 9.59 Å². The molecule has 0 saturated heterocycles. The van der Waals surface area contributed by atoms with Gasteiger partial charge in [0, 0.05) is 43.7 Å². The third-order valence-corrected chi connectivity index (χ3v) is 5.11. The van der Waals surface area contributed by atoms with Gasteiger partial charge in [-0.2, -0.15) is 0 Å². The van der Waals surface area contributed by atoms with Crippen molar-refractivity contribution in [2.45, 2.75) is 33.2 Å². The monoisotopic (exact) mass is 370 g/mol. The molecule has 2 amide bonds. The van der Waals surface area contributed by atoms with E-state index >= 15 is 0 Å². The second-order valence-electron chi connectivity index (χ2n) is 6.69. The van der Waals surface area contributed by atoms with E-state index in [4.69, 9.17) is 11.6 Å². The summed E-state index contributed by atoms with van der Waals surface area (Å²) in [5.41, 5.74) is 4.25. The van der Waals surface area contributed by atoms with Crippen LogP contribution in [-0.4, -0.2) is 29.8 Å². The maximum atomic E-state index is 12.7. The van der Waals surface area contributed by atoms with Gasteiger partial charge in [0.05, 0.1) is 0 Å². The highest BCUT2D eigenvalue weighted by Gasteiger charge is 2.22. The van der Waals surface area contributed by atoms with E-state index < -0.39 is 0 Å². The molecule has 3 rings (SSSR count). The zero-order valence-electron chi connectivity index (χ0n) is 15.2. The predicted molar refractivity (Wildman–Crippen MR) is 104 cm³/mol. The van der Waals surface area contributed by atoms with Gasteiger partial charge in [-0.15, -0.1) is 0 Å². The average molecular weight is 371 g/mol. The fourth-order valence-corrected chi connectivity index (χ4v) is 3.56. The van der Waals surface area contributed by atoms with Crippen LogP contribution in [0, 0.1) is 6.92 Å². The molecule has 0 N–H and O–H groups in total.